The largest absolute Gasteiger partial charge is 0.290 e. The smallest absolute Gasteiger partial charge is 0.269 e. The predicted octanol–water partition coefficient (Wildman–Crippen LogP) is 2.67. The fourth-order valence-corrected chi connectivity index (χ4v) is 2.07. The first kappa shape index (κ1) is 11.1. The topological polar surface area (TPSA) is 60.2 Å². The van der Waals surface area contributed by atoms with Gasteiger partial charge < -0.3 is 0 Å². The molecular weight excluding hydrogens is 222 g/mol. The van der Waals surface area contributed by atoms with Gasteiger partial charge in [0.05, 0.1) is 4.92 Å². The van der Waals surface area contributed by atoms with Gasteiger partial charge in [-0.05, 0) is 16.4 Å². The van der Waals surface area contributed by atoms with Crippen molar-refractivity contribution >= 4 is 32.9 Å². The second kappa shape index (κ2) is 5.66. The fraction of sp³-hybridized carbons (Fsp3) is 0.125. The zero-order valence-electron chi connectivity index (χ0n) is 7.08. The van der Waals surface area contributed by atoms with E-state index < -0.39 is 4.92 Å². The molecule has 1 aromatic carbocycles. The highest BCUT2D eigenvalue weighted by atomic mass is 33.1. The molecule has 0 unspecified atom stereocenters. The lowest BCUT2D eigenvalue weighted by atomic mass is 10.2. The molecule has 0 bridgehead atoms. The van der Waals surface area contributed by atoms with E-state index in [1.807, 2.05) is 0 Å². The molecule has 0 fully saturated rings. The highest BCUT2D eigenvalue weighted by Crippen LogP contribution is 2.24. The van der Waals surface area contributed by atoms with Crippen LogP contribution in [0.5, 0.6) is 0 Å². The minimum atomic E-state index is -0.433. The molecule has 0 atom stereocenters. The van der Waals surface area contributed by atoms with E-state index >= 15 is 0 Å². The number of nitrogens with zero attached hydrogens (tertiary/aromatic N) is 1. The molecule has 0 amide bonds. The lowest BCUT2D eigenvalue weighted by Gasteiger charge is -1.97. The van der Waals surface area contributed by atoms with E-state index in [4.69, 9.17) is 0 Å². The van der Waals surface area contributed by atoms with Crippen molar-refractivity contribution in [3.8, 4) is 0 Å². The Balaban J connectivity index is 2.55. The van der Waals surface area contributed by atoms with E-state index in [0.717, 1.165) is 22.0 Å². The average molecular weight is 229 g/mol. The van der Waals surface area contributed by atoms with Crippen molar-refractivity contribution in [2.75, 3.05) is 0 Å². The lowest BCUT2D eigenvalue weighted by Crippen LogP contribution is -1.87. The summed E-state index contributed by atoms with van der Waals surface area (Å²) in [5, 5.41) is 10.3. The van der Waals surface area contributed by atoms with Gasteiger partial charge in [-0.1, -0.05) is 22.9 Å². The Morgan fingerprint density at radius 3 is 2.50 bits per heavy atom. The molecule has 0 heterocycles. The van der Waals surface area contributed by atoms with Crippen LogP contribution < -0.4 is 0 Å². The first-order valence-electron chi connectivity index (χ1n) is 3.69. The van der Waals surface area contributed by atoms with Crippen LogP contribution in [0.1, 0.15) is 5.56 Å². The summed E-state index contributed by atoms with van der Waals surface area (Å²) in [4.78, 5) is 19.9. The lowest BCUT2D eigenvalue weighted by molar-refractivity contribution is -0.384. The van der Waals surface area contributed by atoms with Crippen LogP contribution in [-0.4, -0.2) is 10.5 Å². The molecule has 0 aliphatic heterocycles. The normalized spacial score (nSPS) is 9.71. The minimum Gasteiger partial charge on any atom is -0.290 e. The number of carbonyl (C=O) groups is 1. The van der Waals surface area contributed by atoms with Crippen LogP contribution in [0, 0.1) is 10.1 Å². The molecule has 0 radical (unpaired) electrons. The maximum absolute atomic E-state index is 10.3. The Bertz CT molecular complexity index is 326. The van der Waals surface area contributed by atoms with Crippen LogP contribution in [0.25, 0.3) is 0 Å². The van der Waals surface area contributed by atoms with E-state index in [0.29, 0.717) is 5.75 Å². The van der Waals surface area contributed by atoms with Crippen LogP contribution in [0.4, 0.5) is 5.69 Å². The molecule has 0 aliphatic rings. The number of carbonyl (C=O) groups excluding carboxylic acids is 1. The summed E-state index contributed by atoms with van der Waals surface area (Å²) in [7, 11) is 2.52. The summed E-state index contributed by atoms with van der Waals surface area (Å²) in [6.07, 6.45) is 0. The maximum atomic E-state index is 10.3. The quantitative estimate of drug-likeness (QED) is 0.255. The maximum Gasteiger partial charge on any atom is 0.269 e. The number of benzene rings is 1. The van der Waals surface area contributed by atoms with Crippen molar-refractivity contribution in [2.24, 2.45) is 0 Å². The summed E-state index contributed by atoms with van der Waals surface area (Å²) < 4.78 is 0. The van der Waals surface area contributed by atoms with Gasteiger partial charge in [0.1, 0.15) is 0 Å². The van der Waals surface area contributed by atoms with E-state index in [1.165, 1.54) is 22.9 Å². The number of hydrogen-bond acceptors (Lipinski definition) is 5. The van der Waals surface area contributed by atoms with Gasteiger partial charge in [0.2, 0.25) is 0 Å². The van der Waals surface area contributed by atoms with Crippen LogP contribution in [0.15, 0.2) is 24.3 Å². The van der Waals surface area contributed by atoms with E-state index in [1.54, 1.807) is 12.1 Å². The SMILES string of the molecule is O=CSSCc1ccc([N+](=O)[O-])cc1. The summed E-state index contributed by atoms with van der Waals surface area (Å²) >= 11 is 0. The third-order valence-corrected chi connectivity index (χ3v) is 3.14. The first-order chi connectivity index (χ1) is 6.74. The van der Waals surface area contributed by atoms with Gasteiger partial charge in [0, 0.05) is 17.9 Å². The number of nitro benzene ring substituents is 1. The number of rotatable bonds is 5. The summed E-state index contributed by atoms with van der Waals surface area (Å²) in [6.45, 7) is 0. The molecule has 74 valence electrons. The number of nitro groups is 1. The Kier molecular flexibility index (Phi) is 4.48. The Hall–Kier alpha value is -1.01. The van der Waals surface area contributed by atoms with Crippen LogP contribution in [0.3, 0.4) is 0 Å². The zero-order valence-corrected chi connectivity index (χ0v) is 8.72. The standard InChI is InChI=1S/C8H7NO3S2/c10-6-14-13-5-7-1-3-8(4-2-7)9(11)12/h1-4,6H,5H2. The first-order valence-corrected chi connectivity index (χ1v) is 6.07. The molecule has 0 saturated heterocycles. The van der Waals surface area contributed by atoms with E-state index in [9.17, 15) is 14.9 Å². The van der Waals surface area contributed by atoms with Crippen molar-refractivity contribution in [3.05, 3.63) is 39.9 Å². The molecule has 14 heavy (non-hydrogen) atoms. The van der Waals surface area contributed by atoms with E-state index in [2.05, 4.69) is 0 Å². The van der Waals surface area contributed by atoms with Crippen LogP contribution >= 0.6 is 21.6 Å². The molecule has 4 nitrogen and oxygen atoms in total. The van der Waals surface area contributed by atoms with Crippen LogP contribution in [-0.2, 0) is 10.5 Å². The van der Waals surface area contributed by atoms with Crippen molar-refractivity contribution < 1.29 is 9.72 Å². The second-order valence-corrected chi connectivity index (χ2v) is 4.57. The molecule has 0 aliphatic carbocycles. The highest BCUT2D eigenvalue weighted by Gasteiger charge is 2.03. The molecule has 1 aromatic rings. The molecule has 6 heteroatoms. The number of non-ortho nitro benzene ring substituents is 1. The molecule has 0 spiro atoms. The van der Waals surface area contributed by atoms with Crippen LogP contribution in [0.2, 0.25) is 0 Å². The molecule has 0 saturated carbocycles. The highest BCUT2D eigenvalue weighted by molar-refractivity contribution is 8.81. The molecule has 0 N–H and O–H groups in total. The number of hydrogen-bond donors (Lipinski definition) is 0. The molecule has 1 rings (SSSR count). The summed E-state index contributed by atoms with van der Waals surface area (Å²) in [5.74, 6) is 0.668. The van der Waals surface area contributed by atoms with Gasteiger partial charge in [-0.15, -0.1) is 0 Å². The predicted molar refractivity (Wildman–Crippen MR) is 58.7 cm³/mol. The van der Waals surface area contributed by atoms with Gasteiger partial charge >= 0.3 is 0 Å². The van der Waals surface area contributed by atoms with Crippen molar-refractivity contribution in [3.63, 3.8) is 0 Å². The monoisotopic (exact) mass is 229 g/mol. The Morgan fingerprint density at radius 2 is 2.00 bits per heavy atom. The molecule has 0 aromatic heterocycles. The second-order valence-electron chi connectivity index (χ2n) is 2.38. The third kappa shape index (κ3) is 3.39. The van der Waals surface area contributed by atoms with Gasteiger partial charge in [-0.2, -0.15) is 0 Å². The average Bonchev–Trinajstić information content (AvgIpc) is 2.19. The van der Waals surface area contributed by atoms with Crippen molar-refractivity contribution in [1.29, 1.82) is 0 Å². The van der Waals surface area contributed by atoms with Crippen molar-refractivity contribution in [2.45, 2.75) is 5.75 Å². The Labute approximate surface area is 88.6 Å². The molecular formula is C8H7NO3S2. The van der Waals surface area contributed by atoms with Gasteiger partial charge in [-0.25, -0.2) is 0 Å². The van der Waals surface area contributed by atoms with Gasteiger partial charge in [-0.3, -0.25) is 14.9 Å². The minimum absolute atomic E-state index is 0.0850. The van der Waals surface area contributed by atoms with Crippen molar-refractivity contribution in [1.82, 2.24) is 0 Å². The van der Waals surface area contributed by atoms with Gasteiger partial charge in [0.25, 0.3) is 5.69 Å². The zero-order chi connectivity index (χ0) is 10.4. The van der Waals surface area contributed by atoms with E-state index in [-0.39, 0.29) is 5.69 Å². The summed E-state index contributed by atoms with van der Waals surface area (Å²) in [5.41, 5.74) is 1.81. The Morgan fingerprint density at radius 1 is 1.36 bits per heavy atom. The third-order valence-electron chi connectivity index (χ3n) is 1.48. The van der Waals surface area contributed by atoms with Gasteiger partial charge in [0.15, 0.2) is 5.62 Å². The fourth-order valence-electron chi connectivity index (χ4n) is 0.844. The summed E-state index contributed by atoms with van der Waals surface area (Å²) in [6, 6.07) is 6.30.